The minimum atomic E-state index is 0.471. The van der Waals surface area contributed by atoms with Crippen molar-refractivity contribution in [3.8, 4) is 0 Å². The van der Waals surface area contributed by atoms with Gasteiger partial charge in [0.1, 0.15) is 12.1 Å². The van der Waals surface area contributed by atoms with E-state index in [-0.39, 0.29) is 0 Å². The summed E-state index contributed by atoms with van der Waals surface area (Å²) in [5.74, 6) is 3.09. The zero-order valence-electron chi connectivity index (χ0n) is 12.5. The molecule has 7 nitrogen and oxygen atoms in total. The van der Waals surface area contributed by atoms with Gasteiger partial charge in [-0.05, 0) is 31.7 Å². The molecule has 1 saturated heterocycles. The van der Waals surface area contributed by atoms with Crippen molar-refractivity contribution in [2.24, 2.45) is 0 Å². The fraction of sp³-hybridized carbons (Fsp3) is 0.600. The number of rotatable bonds is 5. The largest absolute Gasteiger partial charge is 0.367 e. The van der Waals surface area contributed by atoms with Crippen molar-refractivity contribution in [3.05, 3.63) is 30.3 Å². The Hall–Kier alpha value is -2.02. The molecule has 0 radical (unpaired) electrons. The monoisotopic (exact) mass is 300 g/mol. The van der Waals surface area contributed by atoms with Crippen LogP contribution in [-0.4, -0.2) is 44.1 Å². The summed E-state index contributed by atoms with van der Waals surface area (Å²) in [5, 5.41) is 7.56. The molecule has 22 heavy (non-hydrogen) atoms. The molecule has 3 heterocycles. The van der Waals surface area contributed by atoms with Gasteiger partial charge in [-0.3, -0.25) is 4.90 Å². The lowest BCUT2D eigenvalue weighted by molar-refractivity contribution is 0.204. The highest BCUT2D eigenvalue weighted by molar-refractivity contribution is 5.33. The Morgan fingerprint density at radius 3 is 2.82 bits per heavy atom. The second-order valence-corrected chi connectivity index (χ2v) is 6.11. The first-order valence-electron chi connectivity index (χ1n) is 7.94. The van der Waals surface area contributed by atoms with E-state index in [4.69, 9.17) is 4.52 Å². The molecular formula is C15H20N6O. The third-order valence-corrected chi connectivity index (χ3v) is 4.30. The molecule has 7 heteroatoms. The van der Waals surface area contributed by atoms with Gasteiger partial charge >= 0.3 is 0 Å². The van der Waals surface area contributed by atoms with E-state index in [1.165, 1.54) is 12.8 Å². The van der Waals surface area contributed by atoms with Crippen LogP contribution in [0.1, 0.15) is 43.3 Å². The highest BCUT2D eigenvalue weighted by atomic mass is 16.5. The van der Waals surface area contributed by atoms with Crippen LogP contribution >= 0.6 is 0 Å². The molecule has 2 aromatic rings. The Morgan fingerprint density at radius 1 is 1.23 bits per heavy atom. The van der Waals surface area contributed by atoms with Gasteiger partial charge in [-0.25, -0.2) is 9.97 Å². The summed E-state index contributed by atoms with van der Waals surface area (Å²) >= 11 is 0. The van der Waals surface area contributed by atoms with Crippen LogP contribution in [0.4, 0.5) is 5.82 Å². The third kappa shape index (κ3) is 3.24. The maximum atomic E-state index is 5.32. The Labute approximate surface area is 129 Å². The minimum absolute atomic E-state index is 0.471. The van der Waals surface area contributed by atoms with Crippen molar-refractivity contribution in [1.82, 2.24) is 25.0 Å². The smallest absolute Gasteiger partial charge is 0.229 e. The summed E-state index contributed by atoms with van der Waals surface area (Å²) in [7, 11) is 0. The minimum Gasteiger partial charge on any atom is -0.367 e. The summed E-state index contributed by atoms with van der Waals surface area (Å²) in [6.07, 6.45) is 7.92. The van der Waals surface area contributed by atoms with Crippen LogP contribution in [0.25, 0.3) is 0 Å². The Bertz CT molecular complexity index is 604. The van der Waals surface area contributed by atoms with E-state index < -0.39 is 0 Å². The fourth-order valence-corrected chi connectivity index (χ4v) is 2.85. The van der Waals surface area contributed by atoms with E-state index in [2.05, 4.69) is 30.3 Å². The first kappa shape index (κ1) is 13.6. The van der Waals surface area contributed by atoms with Gasteiger partial charge in [0, 0.05) is 31.2 Å². The van der Waals surface area contributed by atoms with Crippen molar-refractivity contribution in [3.63, 3.8) is 0 Å². The molecule has 0 atom stereocenters. The second kappa shape index (κ2) is 6.00. The van der Waals surface area contributed by atoms with Crippen LogP contribution < -0.4 is 5.32 Å². The lowest BCUT2D eigenvalue weighted by Crippen LogP contribution is -2.39. The number of nitrogens with zero attached hydrogens (tertiary/aromatic N) is 5. The zero-order valence-corrected chi connectivity index (χ0v) is 12.5. The molecule has 2 aromatic heterocycles. The molecule has 2 fully saturated rings. The summed E-state index contributed by atoms with van der Waals surface area (Å²) < 4.78 is 5.32. The second-order valence-electron chi connectivity index (χ2n) is 6.11. The number of anilines is 1. The average molecular weight is 300 g/mol. The van der Waals surface area contributed by atoms with Crippen LogP contribution in [0, 0.1) is 0 Å². The van der Waals surface area contributed by atoms with Crippen molar-refractivity contribution < 1.29 is 4.52 Å². The quantitative estimate of drug-likeness (QED) is 0.902. The van der Waals surface area contributed by atoms with Gasteiger partial charge in [-0.2, -0.15) is 4.98 Å². The first-order chi connectivity index (χ1) is 10.9. The SMILES string of the molecule is c1cc(NC2CCN(Cc3noc(C4CC4)n3)CC2)ncn1. The number of hydrogen-bond donors (Lipinski definition) is 1. The van der Waals surface area contributed by atoms with Gasteiger partial charge < -0.3 is 9.84 Å². The molecule has 1 saturated carbocycles. The normalized spacial score (nSPS) is 20.2. The van der Waals surface area contributed by atoms with Crippen LogP contribution in [0.3, 0.4) is 0 Å². The van der Waals surface area contributed by atoms with Gasteiger partial charge in [0.25, 0.3) is 0 Å². The first-order valence-corrected chi connectivity index (χ1v) is 7.94. The molecule has 1 aliphatic carbocycles. The molecule has 0 spiro atoms. The third-order valence-electron chi connectivity index (χ3n) is 4.30. The van der Waals surface area contributed by atoms with Crippen molar-refractivity contribution in [2.75, 3.05) is 18.4 Å². The molecule has 0 unspecified atom stereocenters. The van der Waals surface area contributed by atoms with Crippen molar-refractivity contribution in [2.45, 2.75) is 44.2 Å². The van der Waals surface area contributed by atoms with Gasteiger partial charge in [0.15, 0.2) is 5.82 Å². The molecule has 116 valence electrons. The van der Waals surface area contributed by atoms with Gasteiger partial charge in [-0.1, -0.05) is 5.16 Å². The van der Waals surface area contributed by atoms with E-state index in [1.54, 1.807) is 12.5 Å². The Balaban J connectivity index is 1.26. The molecule has 1 aliphatic heterocycles. The topological polar surface area (TPSA) is 80.0 Å². The highest BCUT2D eigenvalue weighted by Gasteiger charge is 2.30. The van der Waals surface area contributed by atoms with Gasteiger partial charge in [0.2, 0.25) is 5.89 Å². The van der Waals surface area contributed by atoms with Crippen LogP contribution in [0.5, 0.6) is 0 Å². The summed E-state index contributed by atoms with van der Waals surface area (Å²) in [6.45, 7) is 2.86. The molecule has 0 amide bonds. The number of aromatic nitrogens is 4. The van der Waals surface area contributed by atoms with E-state index in [0.29, 0.717) is 12.0 Å². The zero-order chi connectivity index (χ0) is 14.8. The fourth-order valence-electron chi connectivity index (χ4n) is 2.85. The summed E-state index contributed by atoms with van der Waals surface area (Å²) in [4.78, 5) is 15.0. The molecule has 0 aromatic carbocycles. The maximum absolute atomic E-state index is 5.32. The van der Waals surface area contributed by atoms with Crippen LogP contribution in [0.15, 0.2) is 23.1 Å². The van der Waals surface area contributed by atoms with Gasteiger partial charge in [-0.15, -0.1) is 0 Å². The molecule has 0 bridgehead atoms. The standard InChI is InChI=1S/C15H20N6O/c1-2-11(1)15-19-14(20-22-15)9-21-7-4-12(5-8-21)18-13-3-6-16-10-17-13/h3,6,10-12H,1-2,4-5,7-9H2,(H,16,17,18). The molecule has 2 aliphatic rings. The Morgan fingerprint density at radius 2 is 2.09 bits per heavy atom. The number of nitrogens with one attached hydrogen (secondary N) is 1. The molecule has 4 rings (SSSR count). The van der Waals surface area contributed by atoms with E-state index >= 15 is 0 Å². The lowest BCUT2D eigenvalue weighted by Gasteiger charge is -2.31. The summed E-state index contributed by atoms with van der Waals surface area (Å²) in [5.41, 5.74) is 0. The Kier molecular flexibility index (Phi) is 3.72. The molecular weight excluding hydrogens is 280 g/mol. The lowest BCUT2D eigenvalue weighted by atomic mass is 10.1. The number of hydrogen-bond acceptors (Lipinski definition) is 7. The predicted molar refractivity (Wildman–Crippen MR) is 80.2 cm³/mol. The van der Waals surface area contributed by atoms with Crippen molar-refractivity contribution >= 4 is 5.82 Å². The van der Waals surface area contributed by atoms with E-state index in [0.717, 1.165) is 50.0 Å². The van der Waals surface area contributed by atoms with Crippen molar-refractivity contribution in [1.29, 1.82) is 0 Å². The van der Waals surface area contributed by atoms with E-state index in [9.17, 15) is 0 Å². The maximum Gasteiger partial charge on any atom is 0.229 e. The summed E-state index contributed by atoms with van der Waals surface area (Å²) in [6, 6.07) is 2.38. The molecule has 1 N–H and O–H groups in total. The number of likely N-dealkylation sites (tertiary alicyclic amines) is 1. The van der Waals surface area contributed by atoms with Crippen LogP contribution in [0.2, 0.25) is 0 Å². The van der Waals surface area contributed by atoms with Crippen LogP contribution in [-0.2, 0) is 6.54 Å². The highest BCUT2D eigenvalue weighted by Crippen LogP contribution is 2.38. The number of piperidine rings is 1. The predicted octanol–water partition coefficient (Wildman–Crippen LogP) is 1.81. The average Bonchev–Trinajstić information content (AvgIpc) is 3.30. The van der Waals surface area contributed by atoms with E-state index in [1.807, 2.05) is 6.07 Å². The van der Waals surface area contributed by atoms with Gasteiger partial charge in [0.05, 0.1) is 6.54 Å².